The van der Waals surface area contributed by atoms with E-state index in [1.165, 1.54) is 0 Å². The molecule has 0 radical (unpaired) electrons. The molecule has 5 heteroatoms. The predicted molar refractivity (Wildman–Crippen MR) is 75.8 cm³/mol. The number of para-hydroxylation sites is 1. The van der Waals surface area contributed by atoms with E-state index in [1.807, 2.05) is 18.2 Å². The molecule has 0 amide bonds. The Morgan fingerprint density at radius 2 is 2.05 bits per heavy atom. The minimum Gasteiger partial charge on any atom is -0.496 e. The van der Waals surface area contributed by atoms with Crippen LogP contribution in [0.25, 0.3) is 0 Å². The zero-order valence-electron chi connectivity index (χ0n) is 12.4. The third-order valence-corrected chi connectivity index (χ3v) is 3.58. The van der Waals surface area contributed by atoms with Gasteiger partial charge in [-0.2, -0.15) is 0 Å². The standard InChI is InChI=1S/C15H23NO4/c1-16(8-12-6-4-5-7-14(12)18-3)13-9-19-10-15(13)20-11-17-2/h4-7,13,15H,8-11H2,1-3H3/t13?,15-/m0/s1. The normalized spacial score (nSPS) is 22.4. The molecule has 1 aromatic carbocycles. The SMILES string of the molecule is COCO[C@H]1COCC1N(C)Cc1ccccc1OC. The third kappa shape index (κ3) is 3.70. The van der Waals surface area contributed by atoms with Gasteiger partial charge in [0, 0.05) is 19.2 Å². The predicted octanol–water partition coefficient (Wildman–Crippen LogP) is 1.51. The summed E-state index contributed by atoms with van der Waals surface area (Å²) in [5.41, 5.74) is 1.16. The van der Waals surface area contributed by atoms with Gasteiger partial charge in [-0.05, 0) is 13.1 Å². The highest BCUT2D eigenvalue weighted by atomic mass is 16.7. The van der Waals surface area contributed by atoms with Crippen LogP contribution in [-0.2, 0) is 20.8 Å². The van der Waals surface area contributed by atoms with E-state index >= 15 is 0 Å². The van der Waals surface area contributed by atoms with Crippen LogP contribution in [0.4, 0.5) is 0 Å². The maximum absolute atomic E-state index is 5.66. The Balaban J connectivity index is 1.98. The summed E-state index contributed by atoms with van der Waals surface area (Å²) in [6, 6.07) is 8.29. The van der Waals surface area contributed by atoms with Crippen molar-refractivity contribution in [3.8, 4) is 5.75 Å². The van der Waals surface area contributed by atoms with Gasteiger partial charge in [-0.25, -0.2) is 0 Å². The first-order valence-corrected chi connectivity index (χ1v) is 6.76. The van der Waals surface area contributed by atoms with Crippen molar-refractivity contribution in [1.29, 1.82) is 0 Å². The Bertz CT molecular complexity index is 413. The smallest absolute Gasteiger partial charge is 0.146 e. The summed E-state index contributed by atoms with van der Waals surface area (Å²) < 4.78 is 21.6. The highest BCUT2D eigenvalue weighted by Crippen LogP contribution is 2.22. The van der Waals surface area contributed by atoms with Gasteiger partial charge >= 0.3 is 0 Å². The molecule has 1 aliphatic rings. The highest BCUT2D eigenvalue weighted by Gasteiger charge is 2.32. The molecular weight excluding hydrogens is 258 g/mol. The van der Waals surface area contributed by atoms with Crippen LogP contribution in [0.15, 0.2) is 24.3 Å². The molecule has 0 aromatic heterocycles. The lowest BCUT2D eigenvalue weighted by molar-refractivity contribution is -0.0875. The molecule has 1 aliphatic heterocycles. The second-order valence-corrected chi connectivity index (χ2v) is 4.94. The second-order valence-electron chi connectivity index (χ2n) is 4.94. The number of rotatable bonds is 7. The summed E-state index contributed by atoms with van der Waals surface area (Å²) in [5, 5.41) is 0. The molecular formula is C15H23NO4. The topological polar surface area (TPSA) is 40.2 Å². The number of nitrogens with zero attached hydrogens (tertiary/aromatic N) is 1. The van der Waals surface area contributed by atoms with Gasteiger partial charge in [0.25, 0.3) is 0 Å². The number of hydrogen-bond acceptors (Lipinski definition) is 5. The monoisotopic (exact) mass is 281 g/mol. The van der Waals surface area contributed by atoms with Crippen molar-refractivity contribution in [2.24, 2.45) is 0 Å². The lowest BCUT2D eigenvalue weighted by atomic mass is 10.1. The van der Waals surface area contributed by atoms with Crippen molar-refractivity contribution in [1.82, 2.24) is 4.90 Å². The summed E-state index contributed by atoms with van der Waals surface area (Å²) in [6.07, 6.45) is 0.0506. The maximum atomic E-state index is 5.66. The van der Waals surface area contributed by atoms with Crippen LogP contribution in [0.1, 0.15) is 5.56 Å². The van der Waals surface area contributed by atoms with Crippen LogP contribution < -0.4 is 4.74 Å². The van der Waals surface area contributed by atoms with Crippen molar-refractivity contribution in [3.05, 3.63) is 29.8 Å². The quantitative estimate of drug-likeness (QED) is 0.709. The van der Waals surface area contributed by atoms with Crippen molar-refractivity contribution in [2.45, 2.75) is 18.7 Å². The molecule has 0 aliphatic carbocycles. The third-order valence-electron chi connectivity index (χ3n) is 3.58. The van der Waals surface area contributed by atoms with Crippen LogP contribution in [0.5, 0.6) is 5.75 Å². The van der Waals surface area contributed by atoms with Crippen LogP contribution in [-0.4, -0.2) is 58.3 Å². The molecule has 0 N–H and O–H groups in total. The van der Waals surface area contributed by atoms with E-state index in [0.29, 0.717) is 20.0 Å². The maximum Gasteiger partial charge on any atom is 0.146 e. The van der Waals surface area contributed by atoms with Crippen molar-refractivity contribution in [2.75, 3.05) is 41.3 Å². The summed E-state index contributed by atoms with van der Waals surface area (Å²) in [6.45, 7) is 2.39. The summed E-state index contributed by atoms with van der Waals surface area (Å²) in [5.74, 6) is 0.910. The van der Waals surface area contributed by atoms with E-state index in [2.05, 4.69) is 18.0 Å². The van der Waals surface area contributed by atoms with E-state index in [-0.39, 0.29) is 12.1 Å². The molecule has 1 aromatic rings. The minimum atomic E-state index is 0.0506. The van der Waals surface area contributed by atoms with Gasteiger partial charge < -0.3 is 18.9 Å². The Morgan fingerprint density at radius 1 is 1.25 bits per heavy atom. The number of methoxy groups -OCH3 is 2. The van der Waals surface area contributed by atoms with E-state index < -0.39 is 0 Å². The van der Waals surface area contributed by atoms with Gasteiger partial charge in [-0.15, -0.1) is 0 Å². The van der Waals surface area contributed by atoms with Gasteiger partial charge in [0.15, 0.2) is 0 Å². The van der Waals surface area contributed by atoms with E-state index in [1.54, 1.807) is 14.2 Å². The first-order chi connectivity index (χ1) is 9.76. The minimum absolute atomic E-state index is 0.0506. The molecule has 0 spiro atoms. The van der Waals surface area contributed by atoms with E-state index in [9.17, 15) is 0 Å². The van der Waals surface area contributed by atoms with Gasteiger partial charge in [0.05, 0.1) is 26.4 Å². The molecule has 1 fully saturated rings. The Hall–Kier alpha value is -1.14. The van der Waals surface area contributed by atoms with Crippen molar-refractivity contribution in [3.63, 3.8) is 0 Å². The molecule has 112 valence electrons. The lowest BCUT2D eigenvalue weighted by Gasteiger charge is -2.28. The number of ether oxygens (including phenoxy) is 4. The Labute approximate surface area is 120 Å². The van der Waals surface area contributed by atoms with E-state index in [0.717, 1.165) is 17.9 Å². The molecule has 2 rings (SSSR count). The fourth-order valence-electron chi connectivity index (χ4n) is 2.47. The van der Waals surface area contributed by atoms with Gasteiger partial charge in [0.1, 0.15) is 18.6 Å². The van der Waals surface area contributed by atoms with Crippen LogP contribution in [0.2, 0.25) is 0 Å². The summed E-state index contributed by atoms with van der Waals surface area (Å²) >= 11 is 0. The molecule has 5 nitrogen and oxygen atoms in total. The molecule has 1 saturated heterocycles. The first kappa shape index (κ1) is 15.3. The van der Waals surface area contributed by atoms with Crippen molar-refractivity contribution >= 4 is 0 Å². The molecule has 1 heterocycles. The zero-order chi connectivity index (χ0) is 14.4. The average Bonchev–Trinajstić information content (AvgIpc) is 2.94. The second kappa shape index (κ2) is 7.59. The zero-order valence-corrected chi connectivity index (χ0v) is 12.4. The van der Waals surface area contributed by atoms with Crippen LogP contribution in [0.3, 0.4) is 0 Å². The molecule has 1 unspecified atom stereocenters. The van der Waals surface area contributed by atoms with E-state index in [4.69, 9.17) is 18.9 Å². The molecule has 20 heavy (non-hydrogen) atoms. The summed E-state index contributed by atoms with van der Waals surface area (Å²) in [7, 11) is 5.40. The molecule has 2 atom stereocenters. The molecule has 0 bridgehead atoms. The van der Waals surface area contributed by atoms with Crippen LogP contribution >= 0.6 is 0 Å². The Morgan fingerprint density at radius 3 is 2.80 bits per heavy atom. The number of benzene rings is 1. The lowest BCUT2D eigenvalue weighted by Crippen LogP contribution is -2.41. The Kier molecular flexibility index (Phi) is 5.79. The highest BCUT2D eigenvalue weighted by molar-refractivity contribution is 5.33. The largest absolute Gasteiger partial charge is 0.496 e. The van der Waals surface area contributed by atoms with Crippen molar-refractivity contribution < 1.29 is 18.9 Å². The van der Waals surface area contributed by atoms with Gasteiger partial charge in [0.2, 0.25) is 0 Å². The first-order valence-electron chi connectivity index (χ1n) is 6.76. The van der Waals surface area contributed by atoms with Gasteiger partial charge in [-0.1, -0.05) is 18.2 Å². The molecule has 0 saturated carbocycles. The average molecular weight is 281 g/mol. The fourth-order valence-corrected chi connectivity index (χ4v) is 2.47. The van der Waals surface area contributed by atoms with Gasteiger partial charge in [-0.3, -0.25) is 4.90 Å². The number of likely N-dealkylation sites (N-methyl/N-ethyl adjacent to an activating group) is 1. The fraction of sp³-hybridized carbons (Fsp3) is 0.600. The number of hydrogen-bond donors (Lipinski definition) is 0. The summed E-state index contributed by atoms with van der Waals surface area (Å²) in [4.78, 5) is 2.24. The van der Waals surface area contributed by atoms with Crippen LogP contribution in [0, 0.1) is 0 Å².